The van der Waals surface area contributed by atoms with E-state index < -0.39 is 0 Å². The van der Waals surface area contributed by atoms with Crippen LogP contribution in [0.15, 0.2) is 188 Å². The lowest BCUT2D eigenvalue weighted by molar-refractivity contribution is 1.35. The number of para-hydroxylation sites is 2. The van der Waals surface area contributed by atoms with E-state index in [4.69, 9.17) is 19.9 Å². The van der Waals surface area contributed by atoms with Crippen LogP contribution in [0.4, 0.5) is 0 Å². The van der Waals surface area contributed by atoms with E-state index in [1.54, 1.807) is 0 Å². The molecule has 0 unspecified atom stereocenters. The standard InChI is InChI=1S/C53H31N5/c1-3-11-32(12-4-1)48-39-15-7-9-17-44(39)57-52-41(48)23-19-34-21-27-46(55-50(34)52)37-25-26-38(43-31-54-30-29-36(37)43)47-28-22-35-20-24-42-49(33-13-5-2-6-14-33)40-16-8-10-18-45(40)58-53(42)51(35)56-47/h1-31H. The first-order valence-corrected chi connectivity index (χ1v) is 19.5. The lowest BCUT2D eigenvalue weighted by Crippen LogP contribution is -1.95. The molecule has 5 heterocycles. The Bertz CT molecular complexity index is 3380. The summed E-state index contributed by atoms with van der Waals surface area (Å²) in [5, 5.41) is 8.56. The van der Waals surface area contributed by atoms with E-state index in [2.05, 4.69) is 175 Å². The Morgan fingerprint density at radius 2 is 0.759 bits per heavy atom. The number of hydrogen-bond donors (Lipinski definition) is 0. The van der Waals surface area contributed by atoms with Crippen molar-refractivity contribution < 1.29 is 0 Å². The lowest BCUT2D eigenvalue weighted by atomic mass is 9.94. The van der Waals surface area contributed by atoms with Crippen molar-refractivity contribution in [3.63, 3.8) is 0 Å². The molecule has 0 aliphatic carbocycles. The van der Waals surface area contributed by atoms with E-state index in [0.29, 0.717) is 0 Å². The minimum Gasteiger partial charge on any atom is -0.264 e. The highest BCUT2D eigenvalue weighted by Crippen LogP contribution is 2.41. The number of hydrogen-bond acceptors (Lipinski definition) is 5. The van der Waals surface area contributed by atoms with Gasteiger partial charge in [-0.2, -0.15) is 0 Å². The average molecular weight is 738 g/mol. The molecule has 12 aromatic rings. The molecule has 0 amide bonds. The predicted molar refractivity (Wildman–Crippen MR) is 240 cm³/mol. The van der Waals surface area contributed by atoms with Crippen molar-refractivity contribution in [3.05, 3.63) is 188 Å². The van der Waals surface area contributed by atoms with Gasteiger partial charge in [-0.1, -0.05) is 146 Å². The molecule has 0 saturated carbocycles. The molecule has 0 spiro atoms. The van der Waals surface area contributed by atoms with Crippen LogP contribution in [0, 0.1) is 0 Å². The van der Waals surface area contributed by atoms with Crippen LogP contribution in [-0.2, 0) is 0 Å². The fourth-order valence-corrected chi connectivity index (χ4v) is 8.84. The summed E-state index contributed by atoms with van der Waals surface area (Å²) in [7, 11) is 0. The van der Waals surface area contributed by atoms with Crippen LogP contribution in [0.3, 0.4) is 0 Å². The SMILES string of the molecule is c1ccc(-c2c3ccccc3nc3c2ccc2ccc(-c4ccc(-c5ccc6ccc7c(-c8ccccc8)c8ccccc8nc7c6n5)c5cnccc45)nc23)cc1. The second kappa shape index (κ2) is 12.8. The van der Waals surface area contributed by atoms with E-state index in [9.17, 15) is 0 Å². The molecule has 5 aromatic heterocycles. The maximum Gasteiger partial charge on any atom is 0.0978 e. The van der Waals surface area contributed by atoms with Crippen LogP contribution < -0.4 is 0 Å². The normalized spacial score (nSPS) is 11.8. The van der Waals surface area contributed by atoms with Gasteiger partial charge in [-0.3, -0.25) is 4.98 Å². The van der Waals surface area contributed by atoms with Crippen molar-refractivity contribution in [2.24, 2.45) is 0 Å². The second-order valence-corrected chi connectivity index (χ2v) is 14.8. The summed E-state index contributed by atoms with van der Waals surface area (Å²) in [6.07, 6.45) is 3.80. The van der Waals surface area contributed by atoms with E-state index in [1.807, 2.05) is 18.5 Å². The number of pyridine rings is 5. The fourth-order valence-electron chi connectivity index (χ4n) is 8.84. The number of nitrogens with zero attached hydrogens (tertiary/aromatic N) is 5. The third-order valence-electron chi connectivity index (χ3n) is 11.5. The molecular weight excluding hydrogens is 707 g/mol. The summed E-state index contributed by atoms with van der Waals surface area (Å²) in [4.78, 5) is 25.9. The van der Waals surface area contributed by atoms with E-state index in [-0.39, 0.29) is 0 Å². The third kappa shape index (κ3) is 5.00. The predicted octanol–water partition coefficient (Wildman–Crippen LogP) is 13.4. The van der Waals surface area contributed by atoms with Gasteiger partial charge in [-0.15, -0.1) is 0 Å². The molecule has 7 aromatic carbocycles. The quantitative estimate of drug-likeness (QED) is 0.133. The van der Waals surface area contributed by atoms with Gasteiger partial charge in [0.1, 0.15) is 0 Å². The highest BCUT2D eigenvalue weighted by molar-refractivity contribution is 6.18. The average Bonchev–Trinajstić information content (AvgIpc) is 3.30. The summed E-state index contributed by atoms with van der Waals surface area (Å²) in [6, 6.07) is 61.6. The van der Waals surface area contributed by atoms with Crippen molar-refractivity contribution in [2.45, 2.75) is 0 Å². The van der Waals surface area contributed by atoms with E-state index >= 15 is 0 Å². The van der Waals surface area contributed by atoms with E-state index in [0.717, 1.165) is 110 Å². The summed E-state index contributed by atoms with van der Waals surface area (Å²) in [6.45, 7) is 0. The lowest BCUT2D eigenvalue weighted by Gasteiger charge is -2.15. The van der Waals surface area contributed by atoms with Crippen molar-refractivity contribution in [1.82, 2.24) is 24.9 Å². The first-order chi connectivity index (χ1) is 28.8. The number of rotatable bonds is 4. The van der Waals surface area contributed by atoms with Crippen LogP contribution >= 0.6 is 0 Å². The van der Waals surface area contributed by atoms with Crippen LogP contribution in [0.25, 0.3) is 121 Å². The highest BCUT2D eigenvalue weighted by Gasteiger charge is 2.18. The van der Waals surface area contributed by atoms with Gasteiger partial charge in [-0.25, -0.2) is 19.9 Å². The molecule has 0 atom stereocenters. The van der Waals surface area contributed by atoms with Crippen molar-refractivity contribution in [2.75, 3.05) is 0 Å². The van der Waals surface area contributed by atoms with Gasteiger partial charge in [0.05, 0.1) is 44.5 Å². The van der Waals surface area contributed by atoms with Crippen LogP contribution in [0.1, 0.15) is 0 Å². The number of fused-ring (bicyclic) bond motifs is 9. The zero-order valence-corrected chi connectivity index (χ0v) is 31.1. The molecule has 0 saturated heterocycles. The fraction of sp³-hybridized carbons (Fsp3) is 0. The summed E-state index contributed by atoms with van der Waals surface area (Å²) in [5.74, 6) is 0. The summed E-state index contributed by atoms with van der Waals surface area (Å²) >= 11 is 0. The zero-order valence-electron chi connectivity index (χ0n) is 31.1. The van der Waals surface area contributed by atoms with Gasteiger partial charge in [0.15, 0.2) is 0 Å². The first-order valence-electron chi connectivity index (χ1n) is 19.5. The molecule has 5 nitrogen and oxygen atoms in total. The topological polar surface area (TPSA) is 64.5 Å². The molecule has 0 bridgehead atoms. The summed E-state index contributed by atoms with van der Waals surface area (Å²) < 4.78 is 0. The van der Waals surface area contributed by atoms with Crippen LogP contribution in [-0.4, -0.2) is 24.9 Å². The summed E-state index contributed by atoms with van der Waals surface area (Å²) in [5.41, 5.74) is 13.9. The highest BCUT2D eigenvalue weighted by atomic mass is 14.8. The third-order valence-corrected chi connectivity index (χ3v) is 11.5. The van der Waals surface area contributed by atoms with Gasteiger partial charge in [-0.05, 0) is 46.8 Å². The minimum atomic E-state index is 0.864. The van der Waals surface area contributed by atoms with Crippen LogP contribution in [0.2, 0.25) is 0 Å². The maximum atomic E-state index is 5.39. The van der Waals surface area contributed by atoms with Gasteiger partial charge < -0.3 is 0 Å². The monoisotopic (exact) mass is 737 g/mol. The van der Waals surface area contributed by atoms with E-state index in [1.165, 1.54) is 11.1 Å². The Kier molecular flexibility index (Phi) is 7.16. The molecule has 0 aliphatic heterocycles. The van der Waals surface area contributed by atoms with Crippen molar-refractivity contribution >= 4 is 76.2 Å². The Balaban J connectivity index is 1.05. The van der Waals surface area contributed by atoms with Crippen LogP contribution in [0.5, 0.6) is 0 Å². The second-order valence-electron chi connectivity index (χ2n) is 14.8. The molecule has 0 radical (unpaired) electrons. The van der Waals surface area contributed by atoms with Crippen molar-refractivity contribution in [3.8, 4) is 44.8 Å². The van der Waals surface area contributed by atoms with Crippen molar-refractivity contribution in [1.29, 1.82) is 0 Å². The molecule has 0 aliphatic rings. The largest absolute Gasteiger partial charge is 0.264 e. The molecule has 0 fully saturated rings. The zero-order chi connectivity index (χ0) is 38.2. The smallest absolute Gasteiger partial charge is 0.0978 e. The van der Waals surface area contributed by atoms with Gasteiger partial charge in [0, 0.05) is 72.4 Å². The van der Waals surface area contributed by atoms with Gasteiger partial charge in [0.25, 0.3) is 0 Å². The molecule has 5 heteroatoms. The first kappa shape index (κ1) is 32.4. The molecule has 58 heavy (non-hydrogen) atoms. The Morgan fingerprint density at radius 3 is 1.29 bits per heavy atom. The Hall–Kier alpha value is -7.89. The Morgan fingerprint density at radius 1 is 0.293 bits per heavy atom. The maximum absolute atomic E-state index is 5.39. The molecule has 268 valence electrons. The molecule has 0 N–H and O–H groups in total. The number of aromatic nitrogens is 5. The number of benzene rings is 7. The van der Waals surface area contributed by atoms with Gasteiger partial charge >= 0.3 is 0 Å². The minimum absolute atomic E-state index is 0.864. The molecule has 12 rings (SSSR count). The molecular formula is C53H31N5. The Labute approximate surface area is 333 Å². The van der Waals surface area contributed by atoms with Gasteiger partial charge in [0.2, 0.25) is 0 Å².